The van der Waals surface area contributed by atoms with Gasteiger partial charge in [-0.25, -0.2) is 8.78 Å². The topological polar surface area (TPSA) is 68.8 Å². The second kappa shape index (κ2) is 11.5. The number of halogens is 3. The van der Waals surface area contributed by atoms with E-state index < -0.39 is 11.6 Å². The van der Waals surface area contributed by atoms with Crippen molar-refractivity contribution < 1.29 is 13.6 Å². The number of nitrogens with one attached hydrogen (secondary N) is 3. The van der Waals surface area contributed by atoms with Crippen molar-refractivity contribution in [3.63, 3.8) is 0 Å². The molecule has 1 saturated carbocycles. The maximum Gasteiger partial charge on any atom is 0.239 e. The van der Waals surface area contributed by atoms with E-state index in [1.54, 1.807) is 7.05 Å². The highest BCUT2D eigenvalue weighted by Gasteiger charge is 2.25. The molecule has 9 heteroatoms. The third kappa shape index (κ3) is 6.97. The summed E-state index contributed by atoms with van der Waals surface area (Å²) in [6.07, 6.45) is 6.50. The fourth-order valence-electron chi connectivity index (χ4n) is 3.91. The van der Waals surface area contributed by atoms with E-state index in [0.717, 1.165) is 25.3 Å². The largest absolute Gasteiger partial charge is 0.367 e. The first-order valence-corrected chi connectivity index (χ1v) is 10.0. The molecule has 1 heterocycles. The fraction of sp³-hybridized carbons (Fsp3) is 0.600. The molecule has 3 rings (SSSR count). The standard InChI is InChI=1S/C20H29F2N5O.HI/c1-23-20(24-12-19(28)25-15-5-3-2-4-6-15)26-16-9-10-27(13-16)18-8-7-14(21)11-17(18)22;/h7-8,11,15-16H,2-6,9-10,12-13H2,1H3,(H,25,28)(H2,23,24,26);1H. The Bertz CT molecular complexity index is 712. The predicted octanol–water partition coefficient (Wildman–Crippen LogP) is 2.78. The van der Waals surface area contributed by atoms with Crippen LogP contribution in [0.1, 0.15) is 38.5 Å². The molecule has 0 bridgehead atoms. The number of carbonyl (C=O) groups excluding carboxylic acids is 1. The van der Waals surface area contributed by atoms with Gasteiger partial charge in [-0.3, -0.25) is 9.79 Å². The Labute approximate surface area is 187 Å². The number of hydrogen-bond acceptors (Lipinski definition) is 3. The number of rotatable bonds is 5. The summed E-state index contributed by atoms with van der Waals surface area (Å²) in [5.74, 6) is -0.615. The van der Waals surface area contributed by atoms with Crippen molar-refractivity contribution in [2.75, 3.05) is 31.6 Å². The number of nitrogens with zero attached hydrogens (tertiary/aromatic N) is 2. The van der Waals surface area contributed by atoms with Gasteiger partial charge in [0, 0.05) is 38.3 Å². The van der Waals surface area contributed by atoms with Crippen LogP contribution in [0.25, 0.3) is 0 Å². The number of benzene rings is 1. The molecule has 29 heavy (non-hydrogen) atoms. The molecule has 0 aromatic heterocycles. The fourth-order valence-corrected chi connectivity index (χ4v) is 3.91. The zero-order valence-corrected chi connectivity index (χ0v) is 19.0. The van der Waals surface area contributed by atoms with Crippen molar-refractivity contribution in [1.82, 2.24) is 16.0 Å². The summed E-state index contributed by atoms with van der Waals surface area (Å²) in [6, 6.07) is 3.99. The number of guanidine groups is 1. The summed E-state index contributed by atoms with van der Waals surface area (Å²) < 4.78 is 27.1. The third-order valence-electron chi connectivity index (χ3n) is 5.39. The Morgan fingerprint density at radius 3 is 2.59 bits per heavy atom. The molecule has 1 aromatic rings. The lowest BCUT2D eigenvalue weighted by Crippen LogP contribution is -2.49. The predicted molar refractivity (Wildman–Crippen MR) is 122 cm³/mol. The molecule has 2 aliphatic rings. The Balaban J connectivity index is 0.00000300. The molecule has 1 aliphatic heterocycles. The molecule has 1 aromatic carbocycles. The van der Waals surface area contributed by atoms with Crippen LogP contribution in [0.4, 0.5) is 14.5 Å². The highest BCUT2D eigenvalue weighted by atomic mass is 127. The first-order valence-electron chi connectivity index (χ1n) is 10.0. The molecule has 6 nitrogen and oxygen atoms in total. The van der Waals surface area contributed by atoms with Gasteiger partial charge < -0.3 is 20.9 Å². The lowest BCUT2D eigenvalue weighted by atomic mass is 9.95. The van der Waals surface area contributed by atoms with Gasteiger partial charge in [0.05, 0.1) is 12.2 Å². The van der Waals surface area contributed by atoms with E-state index in [4.69, 9.17) is 0 Å². The Morgan fingerprint density at radius 2 is 1.90 bits per heavy atom. The molecule has 162 valence electrons. The highest BCUT2D eigenvalue weighted by molar-refractivity contribution is 14.0. The highest BCUT2D eigenvalue weighted by Crippen LogP contribution is 2.24. The number of hydrogen-bond donors (Lipinski definition) is 3. The Morgan fingerprint density at radius 1 is 1.14 bits per heavy atom. The van der Waals surface area contributed by atoms with Crippen LogP contribution in [0.5, 0.6) is 0 Å². The second-order valence-electron chi connectivity index (χ2n) is 7.50. The van der Waals surface area contributed by atoms with E-state index in [0.29, 0.717) is 24.7 Å². The van der Waals surface area contributed by atoms with E-state index >= 15 is 0 Å². The van der Waals surface area contributed by atoms with E-state index in [9.17, 15) is 13.6 Å². The summed E-state index contributed by atoms with van der Waals surface area (Å²) in [5.41, 5.74) is 0.403. The van der Waals surface area contributed by atoms with E-state index in [1.807, 2.05) is 4.90 Å². The van der Waals surface area contributed by atoms with Crippen molar-refractivity contribution in [2.24, 2.45) is 4.99 Å². The van der Waals surface area contributed by atoms with Gasteiger partial charge in [-0.1, -0.05) is 19.3 Å². The van der Waals surface area contributed by atoms with Crippen LogP contribution in [0.3, 0.4) is 0 Å². The molecule has 1 aliphatic carbocycles. The van der Waals surface area contributed by atoms with Crippen molar-refractivity contribution in [1.29, 1.82) is 0 Å². The maximum atomic E-state index is 14.0. The van der Waals surface area contributed by atoms with Gasteiger partial charge in [0.2, 0.25) is 5.91 Å². The average molecular weight is 521 g/mol. The summed E-state index contributed by atoms with van der Waals surface area (Å²) in [4.78, 5) is 18.2. The van der Waals surface area contributed by atoms with E-state index in [-0.39, 0.29) is 48.5 Å². The molecule has 1 amide bonds. The van der Waals surface area contributed by atoms with Gasteiger partial charge in [-0.2, -0.15) is 0 Å². The monoisotopic (exact) mass is 521 g/mol. The number of carbonyl (C=O) groups is 1. The quantitative estimate of drug-likeness (QED) is 0.317. The maximum absolute atomic E-state index is 14.0. The minimum atomic E-state index is -0.578. The summed E-state index contributed by atoms with van der Waals surface area (Å²) in [7, 11) is 1.65. The SMILES string of the molecule is CN=C(NCC(=O)NC1CCCCC1)NC1CCN(c2ccc(F)cc2F)C1.I. The lowest BCUT2D eigenvalue weighted by molar-refractivity contribution is -0.120. The van der Waals surface area contributed by atoms with Gasteiger partial charge in [0.1, 0.15) is 11.6 Å². The normalized spacial score (nSPS) is 20.2. The number of amides is 1. The van der Waals surface area contributed by atoms with Gasteiger partial charge in [0.25, 0.3) is 0 Å². The molecule has 0 spiro atoms. The molecule has 3 N–H and O–H groups in total. The minimum Gasteiger partial charge on any atom is -0.367 e. The Hall–Kier alpha value is -1.65. The summed E-state index contributed by atoms with van der Waals surface area (Å²) in [6.45, 7) is 1.41. The first kappa shape index (κ1) is 23.6. The van der Waals surface area contributed by atoms with E-state index in [2.05, 4.69) is 20.9 Å². The van der Waals surface area contributed by atoms with Crippen LogP contribution in [0.2, 0.25) is 0 Å². The molecule has 1 unspecified atom stereocenters. The van der Waals surface area contributed by atoms with Gasteiger partial charge in [-0.05, 0) is 31.4 Å². The zero-order chi connectivity index (χ0) is 19.9. The van der Waals surface area contributed by atoms with E-state index in [1.165, 1.54) is 31.4 Å². The molecular formula is C20H30F2IN5O. The van der Waals surface area contributed by atoms with Crippen molar-refractivity contribution in [2.45, 2.75) is 50.6 Å². The van der Waals surface area contributed by atoms with Crippen LogP contribution in [-0.2, 0) is 4.79 Å². The van der Waals surface area contributed by atoms with Crippen LogP contribution < -0.4 is 20.9 Å². The number of anilines is 1. The van der Waals surface area contributed by atoms with Crippen LogP contribution >= 0.6 is 24.0 Å². The minimum absolute atomic E-state index is 0. The van der Waals surface area contributed by atoms with Gasteiger partial charge in [0.15, 0.2) is 5.96 Å². The van der Waals surface area contributed by atoms with Crippen molar-refractivity contribution >= 4 is 41.5 Å². The lowest BCUT2D eigenvalue weighted by Gasteiger charge is -2.23. The zero-order valence-electron chi connectivity index (χ0n) is 16.7. The third-order valence-corrected chi connectivity index (χ3v) is 5.39. The van der Waals surface area contributed by atoms with Crippen molar-refractivity contribution in [3.8, 4) is 0 Å². The number of aliphatic imine (C=N–C) groups is 1. The van der Waals surface area contributed by atoms with Crippen LogP contribution in [0.15, 0.2) is 23.2 Å². The summed E-state index contributed by atoms with van der Waals surface area (Å²) in [5, 5.41) is 9.39. The second-order valence-corrected chi connectivity index (χ2v) is 7.50. The molecule has 2 fully saturated rings. The van der Waals surface area contributed by atoms with Crippen LogP contribution in [-0.4, -0.2) is 50.6 Å². The average Bonchev–Trinajstić information content (AvgIpc) is 3.14. The summed E-state index contributed by atoms with van der Waals surface area (Å²) >= 11 is 0. The van der Waals surface area contributed by atoms with Crippen LogP contribution in [0, 0.1) is 11.6 Å². The van der Waals surface area contributed by atoms with Gasteiger partial charge >= 0.3 is 0 Å². The molecular weight excluding hydrogens is 491 g/mol. The molecule has 1 saturated heterocycles. The smallest absolute Gasteiger partial charge is 0.239 e. The molecule has 1 atom stereocenters. The van der Waals surface area contributed by atoms with Crippen molar-refractivity contribution in [3.05, 3.63) is 29.8 Å². The molecule has 0 radical (unpaired) electrons. The first-order chi connectivity index (χ1) is 13.5. The Kier molecular flexibility index (Phi) is 9.38. The van der Waals surface area contributed by atoms with Gasteiger partial charge in [-0.15, -0.1) is 24.0 Å².